The quantitative estimate of drug-likeness (QED) is 0.0772. The first-order valence-electron chi connectivity index (χ1n) is 13.7. The Kier molecular flexibility index (Phi) is 11.7. The van der Waals surface area contributed by atoms with Crippen LogP contribution in [0.25, 0.3) is 11.1 Å². The zero-order valence-corrected chi connectivity index (χ0v) is 24.2. The Morgan fingerprint density at radius 3 is 1.88 bits per heavy atom. The Labute approximate surface area is 251 Å². The van der Waals surface area contributed by atoms with Crippen molar-refractivity contribution in [2.45, 2.75) is 24.7 Å². The molecule has 0 aliphatic carbocycles. The standard InChI is InChI=1S/C30H36B2N2O9/c1-4-25(20-8-6-5-7-9-20)26(22-12-16-24(17-13-22)43-19-18-33-2)21-10-14-23(15-11-21)30(29(37)38,32(41)42)34(3)27(28(35)36)31(39)40/h5-17,27,33,39-42H,4,18-19H2,1-3H3,(H,35,36)(H,37,38). The molecule has 0 heterocycles. The van der Waals surface area contributed by atoms with Crippen LogP contribution in [0.4, 0.5) is 0 Å². The van der Waals surface area contributed by atoms with E-state index >= 15 is 0 Å². The Balaban J connectivity index is 2.20. The SMILES string of the molecule is CCC(=C(c1ccc(OCCNC)cc1)c1ccc(C(B(O)O)(C(=O)O)N(C)C(B(O)O)C(=O)O)cc1)c1ccccc1. The molecule has 43 heavy (non-hydrogen) atoms. The summed E-state index contributed by atoms with van der Waals surface area (Å²) in [5.74, 6) is -5.06. The van der Waals surface area contributed by atoms with Gasteiger partial charge in [0, 0.05) is 6.54 Å². The van der Waals surface area contributed by atoms with Crippen LogP contribution in [0.3, 0.4) is 0 Å². The van der Waals surface area contributed by atoms with Gasteiger partial charge in [0.2, 0.25) is 0 Å². The lowest BCUT2D eigenvalue weighted by Crippen LogP contribution is -2.67. The van der Waals surface area contributed by atoms with Crippen molar-refractivity contribution in [3.8, 4) is 5.75 Å². The van der Waals surface area contributed by atoms with Gasteiger partial charge in [-0.25, -0.2) is 0 Å². The molecule has 13 heteroatoms. The van der Waals surface area contributed by atoms with Crippen molar-refractivity contribution in [2.24, 2.45) is 0 Å². The highest BCUT2D eigenvalue weighted by Gasteiger charge is 2.59. The van der Waals surface area contributed by atoms with E-state index in [2.05, 4.69) is 5.32 Å². The third-order valence-electron chi connectivity index (χ3n) is 7.36. The van der Waals surface area contributed by atoms with Gasteiger partial charge in [0.05, 0.1) is 0 Å². The monoisotopic (exact) mass is 590 g/mol. The molecular weight excluding hydrogens is 554 g/mol. The van der Waals surface area contributed by atoms with E-state index in [0.29, 0.717) is 35.8 Å². The summed E-state index contributed by atoms with van der Waals surface area (Å²) in [6.45, 7) is 3.20. The number of carboxylic acid groups (broad SMARTS) is 2. The highest BCUT2D eigenvalue weighted by Crippen LogP contribution is 2.37. The van der Waals surface area contributed by atoms with Gasteiger partial charge in [0.25, 0.3) is 0 Å². The summed E-state index contributed by atoms with van der Waals surface area (Å²) in [4.78, 5) is 24.9. The van der Waals surface area contributed by atoms with Gasteiger partial charge in [-0.05, 0) is 66.0 Å². The number of likely N-dealkylation sites (N-methyl/N-ethyl adjacent to an activating group) is 2. The molecule has 0 saturated heterocycles. The molecule has 0 aliphatic rings. The number of nitrogens with zero attached hydrogens (tertiary/aromatic N) is 1. The van der Waals surface area contributed by atoms with E-state index in [-0.39, 0.29) is 5.56 Å². The fraction of sp³-hybridized carbons (Fsp3) is 0.267. The van der Waals surface area contributed by atoms with Crippen LogP contribution >= 0.6 is 0 Å². The van der Waals surface area contributed by atoms with Crippen molar-refractivity contribution >= 4 is 37.3 Å². The molecular formula is C30H36B2N2O9. The van der Waals surface area contributed by atoms with E-state index < -0.39 is 37.6 Å². The summed E-state index contributed by atoms with van der Waals surface area (Å²) < 4.78 is 5.77. The Hall–Kier alpha value is -3.97. The summed E-state index contributed by atoms with van der Waals surface area (Å²) in [6, 6.07) is 23.2. The number of hydrogen-bond donors (Lipinski definition) is 7. The zero-order chi connectivity index (χ0) is 31.7. The van der Waals surface area contributed by atoms with Crippen LogP contribution in [0.15, 0.2) is 78.9 Å². The molecule has 0 radical (unpaired) electrons. The van der Waals surface area contributed by atoms with Gasteiger partial charge in [-0.2, -0.15) is 0 Å². The number of benzene rings is 3. The normalized spacial score (nSPS) is 14.0. The molecule has 3 rings (SSSR count). The molecule has 226 valence electrons. The van der Waals surface area contributed by atoms with Crippen molar-refractivity contribution < 1.29 is 44.6 Å². The summed E-state index contributed by atoms with van der Waals surface area (Å²) in [6.07, 6.45) is 0.646. The number of rotatable bonds is 15. The van der Waals surface area contributed by atoms with Gasteiger partial charge in [-0.1, -0.05) is 73.7 Å². The fourth-order valence-electron chi connectivity index (χ4n) is 5.19. The van der Waals surface area contributed by atoms with Gasteiger partial charge >= 0.3 is 26.2 Å². The smallest absolute Gasteiger partial charge is 0.490 e. The van der Waals surface area contributed by atoms with E-state index in [1.54, 1.807) is 12.1 Å². The van der Waals surface area contributed by atoms with Crippen molar-refractivity contribution in [3.63, 3.8) is 0 Å². The molecule has 0 aliphatic heterocycles. The maximum absolute atomic E-state index is 12.6. The minimum atomic E-state index is -2.76. The maximum Gasteiger partial charge on any atom is 0.490 e. The number of aliphatic carboxylic acids is 2. The molecule has 7 N–H and O–H groups in total. The second kappa shape index (κ2) is 15.0. The lowest BCUT2D eigenvalue weighted by Gasteiger charge is -2.40. The minimum Gasteiger partial charge on any atom is -0.492 e. The molecule has 2 unspecified atom stereocenters. The Morgan fingerprint density at radius 1 is 0.884 bits per heavy atom. The number of carbonyl (C=O) groups is 2. The van der Waals surface area contributed by atoms with Crippen LogP contribution < -0.4 is 10.1 Å². The average molecular weight is 590 g/mol. The van der Waals surface area contributed by atoms with E-state index in [9.17, 15) is 39.9 Å². The second-order valence-electron chi connectivity index (χ2n) is 9.88. The molecule has 0 aromatic heterocycles. The average Bonchev–Trinajstić information content (AvgIpc) is 2.97. The summed E-state index contributed by atoms with van der Waals surface area (Å²) >= 11 is 0. The van der Waals surface area contributed by atoms with Crippen LogP contribution in [0, 0.1) is 0 Å². The zero-order valence-electron chi connectivity index (χ0n) is 24.2. The van der Waals surface area contributed by atoms with Crippen LogP contribution in [0.2, 0.25) is 0 Å². The van der Waals surface area contributed by atoms with Gasteiger partial charge in [0.1, 0.15) is 18.3 Å². The van der Waals surface area contributed by atoms with Gasteiger partial charge < -0.3 is 40.4 Å². The van der Waals surface area contributed by atoms with E-state index in [1.807, 2.05) is 68.6 Å². The highest BCUT2D eigenvalue weighted by molar-refractivity contribution is 6.53. The van der Waals surface area contributed by atoms with Gasteiger partial charge in [-0.15, -0.1) is 0 Å². The van der Waals surface area contributed by atoms with E-state index in [4.69, 9.17) is 4.74 Å². The van der Waals surface area contributed by atoms with Crippen molar-refractivity contribution in [1.29, 1.82) is 0 Å². The molecule has 0 amide bonds. The van der Waals surface area contributed by atoms with Crippen molar-refractivity contribution in [2.75, 3.05) is 27.2 Å². The van der Waals surface area contributed by atoms with Gasteiger partial charge in [-0.3, -0.25) is 14.5 Å². The van der Waals surface area contributed by atoms with Crippen molar-refractivity contribution in [3.05, 3.63) is 101 Å². The number of carboxylic acids is 2. The summed E-state index contributed by atoms with van der Waals surface area (Å²) in [5, 5.41) is 62.9. The summed E-state index contributed by atoms with van der Waals surface area (Å²) in [5.41, 5.74) is 1.41. The van der Waals surface area contributed by atoms with Crippen LogP contribution in [-0.4, -0.2) is 94.6 Å². The molecule has 0 fully saturated rings. The molecule has 0 spiro atoms. The topological polar surface area (TPSA) is 180 Å². The fourth-order valence-corrected chi connectivity index (χ4v) is 5.19. The minimum absolute atomic E-state index is 0.182. The molecule has 11 nitrogen and oxygen atoms in total. The lowest BCUT2D eigenvalue weighted by molar-refractivity contribution is -0.152. The first-order valence-corrected chi connectivity index (χ1v) is 13.7. The molecule has 2 atom stereocenters. The van der Waals surface area contributed by atoms with Crippen LogP contribution in [0.5, 0.6) is 5.75 Å². The molecule has 3 aromatic rings. The predicted molar refractivity (Wildman–Crippen MR) is 164 cm³/mol. The third kappa shape index (κ3) is 7.16. The summed E-state index contributed by atoms with van der Waals surface area (Å²) in [7, 11) is -2.35. The maximum atomic E-state index is 12.6. The molecule has 3 aromatic carbocycles. The number of hydrogen-bond acceptors (Lipinski definition) is 9. The van der Waals surface area contributed by atoms with Crippen molar-refractivity contribution in [1.82, 2.24) is 10.2 Å². The highest BCUT2D eigenvalue weighted by atomic mass is 16.5. The molecule has 0 saturated carbocycles. The Morgan fingerprint density at radius 2 is 1.44 bits per heavy atom. The van der Waals surface area contributed by atoms with Gasteiger partial charge in [0.15, 0.2) is 5.44 Å². The molecule has 0 bridgehead atoms. The predicted octanol–water partition coefficient (Wildman–Crippen LogP) is 1.34. The first-order chi connectivity index (χ1) is 20.5. The second-order valence-corrected chi connectivity index (χ2v) is 9.88. The third-order valence-corrected chi connectivity index (χ3v) is 7.36. The number of nitrogens with one attached hydrogen (secondary N) is 1. The van der Waals surface area contributed by atoms with E-state index in [0.717, 1.165) is 29.3 Å². The number of allylic oxidation sites excluding steroid dienone is 1. The lowest BCUT2D eigenvalue weighted by atomic mass is 9.58. The Bertz CT molecular complexity index is 1400. The largest absolute Gasteiger partial charge is 0.492 e. The number of ether oxygens (including phenoxy) is 1. The first kappa shape index (κ1) is 33.5. The van der Waals surface area contributed by atoms with E-state index in [1.165, 1.54) is 12.1 Å². The van der Waals surface area contributed by atoms with Crippen LogP contribution in [0.1, 0.15) is 35.6 Å². The van der Waals surface area contributed by atoms with Crippen LogP contribution in [-0.2, 0) is 15.0 Å².